The molecule has 0 spiro atoms. The van der Waals surface area contributed by atoms with Gasteiger partial charge >= 0.3 is 51.4 Å². The summed E-state index contributed by atoms with van der Waals surface area (Å²) in [6, 6.07) is 4.74. The number of hydrogen-bond donors (Lipinski definition) is 1. The molecule has 0 bridgehead atoms. The topological polar surface area (TPSA) is 66.7 Å². The summed E-state index contributed by atoms with van der Waals surface area (Å²) in [5.41, 5.74) is 1.59. The molecule has 1 aromatic rings. The van der Waals surface area contributed by atoms with Crippen LogP contribution in [0.25, 0.3) is 0 Å². The summed E-state index contributed by atoms with van der Waals surface area (Å²) in [4.78, 5) is 4.27. The summed E-state index contributed by atoms with van der Waals surface area (Å²) < 4.78 is 31.8. The van der Waals surface area contributed by atoms with Crippen molar-refractivity contribution < 1.29 is 13.0 Å². The van der Waals surface area contributed by atoms with E-state index in [4.69, 9.17) is 0 Å². The number of rotatable bonds is 1. The van der Waals surface area contributed by atoms with Gasteiger partial charge in [0.05, 0.1) is 5.69 Å². The molecule has 0 saturated carbocycles. The van der Waals surface area contributed by atoms with Crippen LogP contribution in [0.4, 0.5) is 5.69 Å². The summed E-state index contributed by atoms with van der Waals surface area (Å²) in [5, 5.41) is 0. The maximum atomic E-state index is 11.3. The van der Waals surface area contributed by atoms with Crippen LogP contribution in [-0.4, -0.2) is 70.1 Å². The van der Waals surface area contributed by atoms with Gasteiger partial charge < -0.3 is 0 Å². The second kappa shape index (κ2) is 4.84. The monoisotopic (exact) mass is 279 g/mol. The summed E-state index contributed by atoms with van der Waals surface area (Å²) in [6.07, 6.45) is 0. The van der Waals surface area contributed by atoms with Crippen molar-refractivity contribution in [1.29, 1.82) is 0 Å². The Morgan fingerprint density at radius 2 is 1.88 bits per heavy atom. The predicted molar refractivity (Wildman–Crippen MR) is 69.2 cm³/mol. The van der Waals surface area contributed by atoms with Gasteiger partial charge in [-0.25, -0.2) is 0 Å². The van der Waals surface area contributed by atoms with Crippen molar-refractivity contribution in [3.05, 3.63) is 23.8 Å². The van der Waals surface area contributed by atoms with Crippen LogP contribution in [0.3, 0.4) is 0 Å². The summed E-state index contributed by atoms with van der Waals surface area (Å²) in [7, 11) is -4.20. The quantitative estimate of drug-likeness (QED) is 0.628. The van der Waals surface area contributed by atoms with Gasteiger partial charge in [0, 0.05) is 16.7 Å². The Bertz CT molecular complexity index is 591. The minimum absolute atomic E-state index is 0. The average Bonchev–Trinajstić information content (AvgIpc) is 2.37. The molecule has 2 rings (SSSR count). The van der Waals surface area contributed by atoms with Crippen LogP contribution in [0.15, 0.2) is 28.1 Å². The molecule has 1 N–H and O–H groups in total. The van der Waals surface area contributed by atoms with Crippen LogP contribution in [0.1, 0.15) is 26.3 Å². The fraction of sp³-hybridized carbons (Fsp3) is 0.364. The first-order valence-electron chi connectivity index (χ1n) is 4.91. The van der Waals surface area contributed by atoms with Gasteiger partial charge in [-0.2, -0.15) is 8.42 Å². The second-order valence-corrected chi connectivity index (χ2v) is 5.84. The van der Waals surface area contributed by atoms with E-state index in [1.807, 2.05) is 20.8 Å². The van der Waals surface area contributed by atoms with Crippen molar-refractivity contribution in [2.45, 2.75) is 31.1 Å². The molecule has 0 fully saturated rings. The number of aliphatic imine (C=N–C) groups is 1. The number of nitrogens with zero attached hydrogens (tertiary/aromatic N) is 1. The Kier molecular flexibility index (Phi) is 4.41. The van der Waals surface area contributed by atoms with Crippen molar-refractivity contribution in [3.8, 4) is 0 Å². The van der Waals surface area contributed by atoms with E-state index in [0.717, 1.165) is 5.71 Å². The molecule has 1 aliphatic rings. The van der Waals surface area contributed by atoms with Gasteiger partial charge in [0.25, 0.3) is 10.1 Å². The first kappa shape index (κ1) is 15.5. The molecule has 0 saturated heterocycles. The second-order valence-electron chi connectivity index (χ2n) is 4.45. The van der Waals surface area contributed by atoms with E-state index >= 15 is 0 Å². The van der Waals surface area contributed by atoms with Gasteiger partial charge in [0.2, 0.25) is 0 Å². The molecule has 0 aromatic heterocycles. The molecule has 0 radical (unpaired) electrons. The zero-order valence-corrected chi connectivity index (χ0v) is 10.2. The normalized spacial score (nSPS) is 17.1. The minimum atomic E-state index is -4.20. The number of fused-ring (bicyclic) bond motifs is 1. The number of benzene rings is 1. The van der Waals surface area contributed by atoms with Gasteiger partial charge in [-0.3, -0.25) is 9.55 Å². The Labute approximate surface area is 144 Å². The first-order chi connectivity index (χ1) is 7.24. The third-order valence-electron chi connectivity index (χ3n) is 3.10. The molecule has 0 unspecified atom stereocenters. The van der Waals surface area contributed by atoms with Gasteiger partial charge in [-0.05, 0) is 19.1 Å². The van der Waals surface area contributed by atoms with E-state index in [0.29, 0.717) is 11.3 Å². The molecular formula is C11H14KNO3S. The molecule has 88 valence electrons. The zero-order valence-electron chi connectivity index (χ0n) is 9.35. The summed E-state index contributed by atoms with van der Waals surface area (Å²) in [6.45, 7) is 5.65. The van der Waals surface area contributed by atoms with E-state index in [2.05, 4.69) is 4.99 Å². The van der Waals surface area contributed by atoms with Crippen LogP contribution in [0.2, 0.25) is 0 Å². The Hall–Kier alpha value is 0.436. The van der Waals surface area contributed by atoms with Gasteiger partial charge in [-0.1, -0.05) is 19.9 Å². The molecule has 0 amide bonds. The fourth-order valence-corrected chi connectivity index (χ4v) is 2.83. The molecule has 0 aliphatic carbocycles. The molecule has 0 atom stereocenters. The molecule has 1 aromatic carbocycles. The Morgan fingerprint density at radius 3 is 2.41 bits per heavy atom. The van der Waals surface area contributed by atoms with Crippen LogP contribution in [0.5, 0.6) is 0 Å². The van der Waals surface area contributed by atoms with E-state index < -0.39 is 15.5 Å². The molecule has 1 aliphatic heterocycles. The van der Waals surface area contributed by atoms with Crippen LogP contribution >= 0.6 is 0 Å². The molecule has 1 heterocycles. The van der Waals surface area contributed by atoms with Crippen molar-refractivity contribution in [1.82, 2.24) is 0 Å². The zero-order chi connectivity index (χ0) is 12.1. The van der Waals surface area contributed by atoms with Crippen LogP contribution in [-0.2, 0) is 15.5 Å². The van der Waals surface area contributed by atoms with E-state index in [1.54, 1.807) is 12.1 Å². The van der Waals surface area contributed by atoms with Gasteiger partial charge in [-0.15, -0.1) is 0 Å². The molecular weight excluding hydrogens is 265 g/mol. The van der Waals surface area contributed by atoms with Crippen molar-refractivity contribution in [2.75, 3.05) is 0 Å². The van der Waals surface area contributed by atoms with E-state index in [1.165, 1.54) is 6.07 Å². The predicted octanol–water partition coefficient (Wildman–Crippen LogP) is 1.67. The van der Waals surface area contributed by atoms with Crippen molar-refractivity contribution in [2.24, 2.45) is 4.99 Å². The third kappa shape index (κ3) is 2.58. The molecule has 4 nitrogen and oxygen atoms in total. The Balaban J connectivity index is 0.00000144. The Morgan fingerprint density at radius 1 is 1.29 bits per heavy atom. The van der Waals surface area contributed by atoms with Crippen molar-refractivity contribution >= 4 is 72.9 Å². The van der Waals surface area contributed by atoms with Crippen LogP contribution < -0.4 is 0 Å². The van der Waals surface area contributed by atoms with Crippen LogP contribution in [0, 0.1) is 0 Å². The molecule has 6 heteroatoms. The van der Waals surface area contributed by atoms with Gasteiger partial charge in [0.15, 0.2) is 0 Å². The number of hydrogen-bond acceptors (Lipinski definition) is 3. The summed E-state index contributed by atoms with van der Waals surface area (Å²) in [5.74, 6) is 0. The standard InChI is InChI=1S/C11H13NO3S.K.H/c1-7-11(2,3)10-8(12-7)5-4-6-9(10)16(13,14)15;;/h4-6H,1-3H3,(H,13,14,15);;. The summed E-state index contributed by atoms with van der Waals surface area (Å²) >= 11 is 0. The maximum absolute atomic E-state index is 11.3. The first-order valence-corrected chi connectivity index (χ1v) is 6.35. The fourth-order valence-electron chi connectivity index (χ4n) is 1.96. The SMILES string of the molecule is CC1=Nc2cccc(S(=O)(=O)O)c2C1(C)C.[KH]. The van der Waals surface area contributed by atoms with E-state index in [-0.39, 0.29) is 56.3 Å². The molecule has 17 heavy (non-hydrogen) atoms. The average molecular weight is 279 g/mol. The van der Waals surface area contributed by atoms with Gasteiger partial charge in [0.1, 0.15) is 4.90 Å². The van der Waals surface area contributed by atoms with Crippen molar-refractivity contribution in [3.63, 3.8) is 0 Å². The van der Waals surface area contributed by atoms with E-state index in [9.17, 15) is 13.0 Å². The third-order valence-corrected chi connectivity index (χ3v) is 4.00.